The van der Waals surface area contributed by atoms with Gasteiger partial charge in [-0.2, -0.15) is 4.98 Å². The van der Waals surface area contributed by atoms with E-state index >= 15 is 0 Å². The predicted octanol–water partition coefficient (Wildman–Crippen LogP) is 1.10. The van der Waals surface area contributed by atoms with E-state index in [4.69, 9.17) is 10.6 Å². The van der Waals surface area contributed by atoms with Gasteiger partial charge in [-0.15, -0.1) is 0 Å². The first-order valence-electron chi connectivity index (χ1n) is 5.55. The van der Waals surface area contributed by atoms with Gasteiger partial charge in [-0.1, -0.05) is 11.8 Å². The summed E-state index contributed by atoms with van der Waals surface area (Å²) in [6, 6.07) is 0. The summed E-state index contributed by atoms with van der Waals surface area (Å²) in [5.74, 6) is 4.58. The number of anilines is 1. The molecule has 1 heterocycles. The number of nitrogen functional groups attached to an aromatic ring is 1. The van der Waals surface area contributed by atoms with Gasteiger partial charge in [0.25, 0.3) is 0 Å². The minimum atomic E-state index is -0.627. The molecule has 3 N–H and O–H groups in total. The maximum absolute atomic E-state index is 11.6. The van der Waals surface area contributed by atoms with Crippen LogP contribution in [0.1, 0.15) is 20.8 Å². The summed E-state index contributed by atoms with van der Waals surface area (Å²) in [4.78, 5) is 29.3. The Morgan fingerprint density at radius 1 is 1.60 bits per heavy atom. The molecule has 0 spiro atoms. The van der Waals surface area contributed by atoms with Crippen LogP contribution in [0.2, 0.25) is 0 Å². The number of aromatic nitrogens is 2. The maximum Gasteiger partial charge on any atom is 0.319 e. The Morgan fingerprint density at radius 2 is 2.25 bits per heavy atom. The lowest BCUT2D eigenvalue weighted by atomic mass is 10.2. The maximum atomic E-state index is 11.6. The Hall–Kier alpha value is -1.94. The molecular formula is C10H15N5O4S. The van der Waals surface area contributed by atoms with Gasteiger partial charge in [0, 0.05) is 0 Å². The molecule has 0 amide bonds. The molecule has 20 heavy (non-hydrogen) atoms. The average Bonchev–Trinajstić information content (AvgIpc) is 2.33. The van der Waals surface area contributed by atoms with Gasteiger partial charge in [0.1, 0.15) is 11.8 Å². The molecular weight excluding hydrogens is 286 g/mol. The van der Waals surface area contributed by atoms with Crippen LogP contribution >= 0.6 is 11.8 Å². The smallest absolute Gasteiger partial charge is 0.319 e. The molecule has 0 aromatic carbocycles. The Morgan fingerprint density at radius 3 is 2.75 bits per heavy atom. The van der Waals surface area contributed by atoms with Crippen LogP contribution in [0.4, 0.5) is 11.6 Å². The zero-order valence-electron chi connectivity index (χ0n) is 11.2. The largest absolute Gasteiger partial charge is 0.459 e. The molecule has 0 aliphatic rings. The van der Waals surface area contributed by atoms with Gasteiger partial charge in [-0.3, -0.25) is 20.3 Å². The topological polar surface area (TPSA) is 133 Å². The van der Waals surface area contributed by atoms with Gasteiger partial charge in [-0.05, 0) is 20.8 Å². The van der Waals surface area contributed by atoms with Crippen molar-refractivity contribution in [1.29, 1.82) is 0 Å². The summed E-state index contributed by atoms with van der Waals surface area (Å²) >= 11 is 0.891. The second-order valence-corrected chi connectivity index (χ2v) is 5.62. The number of carbonyl (C=O) groups is 1. The van der Waals surface area contributed by atoms with Crippen molar-refractivity contribution >= 4 is 29.4 Å². The molecule has 0 atom stereocenters. The van der Waals surface area contributed by atoms with E-state index in [-0.39, 0.29) is 22.4 Å². The molecule has 110 valence electrons. The quantitative estimate of drug-likeness (QED) is 0.205. The number of hydrazine groups is 1. The third kappa shape index (κ3) is 4.97. The lowest BCUT2D eigenvalue weighted by Gasteiger charge is -2.19. The van der Waals surface area contributed by atoms with E-state index in [2.05, 4.69) is 15.4 Å². The van der Waals surface area contributed by atoms with Gasteiger partial charge >= 0.3 is 11.7 Å². The fourth-order valence-corrected chi connectivity index (χ4v) is 1.90. The van der Waals surface area contributed by atoms with E-state index in [1.165, 1.54) is 0 Å². The van der Waals surface area contributed by atoms with Gasteiger partial charge in [0.15, 0.2) is 5.03 Å². The monoisotopic (exact) mass is 301 g/mol. The van der Waals surface area contributed by atoms with Crippen molar-refractivity contribution in [3.63, 3.8) is 0 Å². The number of hydrogen-bond acceptors (Lipinski definition) is 9. The van der Waals surface area contributed by atoms with Crippen LogP contribution in [0.5, 0.6) is 0 Å². The van der Waals surface area contributed by atoms with E-state index in [9.17, 15) is 14.9 Å². The standard InChI is InChI=1S/C10H15N5O4S/c1-10(2,3)19-7(16)5-20-8-6(15(17)18)4-12-9(13-8)14-11/h4H,5,11H2,1-3H3,(H,12,13,14). The van der Waals surface area contributed by atoms with E-state index in [0.717, 1.165) is 18.0 Å². The molecule has 9 nitrogen and oxygen atoms in total. The van der Waals surface area contributed by atoms with E-state index in [1.807, 2.05) is 0 Å². The number of rotatable bonds is 5. The highest BCUT2D eigenvalue weighted by Crippen LogP contribution is 2.27. The second-order valence-electron chi connectivity index (χ2n) is 4.66. The fraction of sp³-hybridized carbons (Fsp3) is 0.500. The summed E-state index contributed by atoms with van der Waals surface area (Å²) in [6.07, 6.45) is 1.03. The van der Waals surface area contributed by atoms with Crippen LogP contribution in [0.3, 0.4) is 0 Å². The summed E-state index contributed by atoms with van der Waals surface area (Å²) < 4.78 is 5.10. The Labute approximate surface area is 119 Å². The molecule has 1 aromatic heterocycles. The summed E-state index contributed by atoms with van der Waals surface area (Å²) in [7, 11) is 0. The van der Waals surface area contributed by atoms with E-state index in [0.29, 0.717) is 0 Å². The molecule has 0 unspecified atom stereocenters. The molecule has 0 aliphatic heterocycles. The van der Waals surface area contributed by atoms with Gasteiger partial charge in [0.05, 0.1) is 10.7 Å². The van der Waals surface area contributed by atoms with Crippen molar-refractivity contribution in [2.24, 2.45) is 5.84 Å². The van der Waals surface area contributed by atoms with Gasteiger partial charge in [-0.25, -0.2) is 10.8 Å². The van der Waals surface area contributed by atoms with Gasteiger partial charge < -0.3 is 4.74 Å². The van der Waals surface area contributed by atoms with Crippen LogP contribution in [-0.2, 0) is 9.53 Å². The number of hydrogen-bond donors (Lipinski definition) is 2. The van der Waals surface area contributed by atoms with Crippen molar-refractivity contribution < 1.29 is 14.5 Å². The predicted molar refractivity (Wildman–Crippen MR) is 73.1 cm³/mol. The number of nitrogens with zero attached hydrogens (tertiary/aromatic N) is 3. The Balaban J connectivity index is 2.80. The van der Waals surface area contributed by atoms with Crippen LogP contribution in [-0.4, -0.2) is 32.2 Å². The summed E-state index contributed by atoms with van der Waals surface area (Å²) in [5, 5.41) is 10.9. The molecule has 0 saturated carbocycles. The molecule has 0 bridgehead atoms. The third-order valence-electron chi connectivity index (χ3n) is 1.81. The highest BCUT2D eigenvalue weighted by atomic mass is 32.2. The normalized spacial score (nSPS) is 11.0. The van der Waals surface area contributed by atoms with Crippen molar-refractivity contribution in [2.45, 2.75) is 31.4 Å². The summed E-state index contributed by atoms with van der Waals surface area (Å²) in [5.41, 5.74) is 1.28. The molecule has 0 radical (unpaired) electrons. The number of ether oxygens (including phenoxy) is 1. The van der Waals surface area contributed by atoms with Crippen LogP contribution in [0.15, 0.2) is 11.2 Å². The minimum absolute atomic E-state index is 0.0299. The lowest BCUT2D eigenvalue weighted by Crippen LogP contribution is -2.25. The first-order valence-corrected chi connectivity index (χ1v) is 6.54. The fourth-order valence-electron chi connectivity index (χ4n) is 1.16. The number of nitro groups is 1. The lowest BCUT2D eigenvalue weighted by molar-refractivity contribution is -0.388. The number of nitrogens with two attached hydrogens (primary N) is 1. The first-order chi connectivity index (χ1) is 9.23. The summed E-state index contributed by atoms with van der Waals surface area (Å²) in [6.45, 7) is 5.21. The van der Waals surface area contributed by atoms with Crippen molar-refractivity contribution in [1.82, 2.24) is 9.97 Å². The molecule has 0 fully saturated rings. The molecule has 0 aliphatic carbocycles. The third-order valence-corrected chi connectivity index (χ3v) is 2.76. The zero-order chi connectivity index (χ0) is 15.3. The molecule has 0 saturated heterocycles. The number of nitrogens with one attached hydrogen (secondary N) is 1. The van der Waals surface area contributed by atoms with Gasteiger partial charge in [0.2, 0.25) is 5.95 Å². The Kier molecular flexibility index (Phi) is 5.22. The average molecular weight is 301 g/mol. The van der Waals surface area contributed by atoms with Crippen molar-refractivity contribution in [2.75, 3.05) is 11.2 Å². The van der Waals surface area contributed by atoms with Crippen LogP contribution in [0.25, 0.3) is 0 Å². The highest BCUT2D eigenvalue weighted by molar-refractivity contribution is 8.00. The van der Waals surface area contributed by atoms with Crippen molar-refractivity contribution in [3.05, 3.63) is 16.3 Å². The number of esters is 1. The van der Waals surface area contributed by atoms with Crippen LogP contribution in [0, 0.1) is 10.1 Å². The highest BCUT2D eigenvalue weighted by Gasteiger charge is 2.21. The Bertz CT molecular complexity index is 517. The minimum Gasteiger partial charge on any atom is -0.459 e. The number of carbonyl (C=O) groups excluding carboxylic acids is 1. The molecule has 1 aromatic rings. The van der Waals surface area contributed by atoms with E-state index in [1.54, 1.807) is 20.8 Å². The first kappa shape index (κ1) is 16.1. The van der Waals surface area contributed by atoms with Crippen molar-refractivity contribution in [3.8, 4) is 0 Å². The zero-order valence-corrected chi connectivity index (χ0v) is 12.1. The second kappa shape index (κ2) is 6.48. The van der Waals surface area contributed by atoms with E-state index < -0.39 is 16.5 Å². The van der Waals surface area contributed by atoms with Crippen LogP contribution < -0.4 is 11.3 Å². The molecule has 10 heteroatoms. The number of thioether (sulfide) groups is 1. The molecule has 1 rings (SSSR count). The SMILES string of the molecule is CC(C)(C)OC(=O)CSc1nc(NN)ncc1[N+](=O)[O-].